The number of rotatable bonds is 2. The third-order valence-electron chi connectivity index (χ3n) is 2.19. The second-order valence-electron chi connectivity index (χ2n) is 3.42. The maximum atomic E-state index is 9.77. The second kappa shape index (κ2) is 3.65. The van der Waals surface area contributed by atoms with E-state index >= 15 is 0 Å². The van der Waals surface area contributed by atoms with Crippen LogP contribution in [-0.2, 0) is 4.43 Å². The summed E-state index contributed by atoms with van der Waals surface area (Å²) in [6, 6.07) is 5.63. The molecule has 0 atom stereocenters. The van der Waals surface area contributed by atoms with Gasteiger partial charge in [0.2, 0.25) is 8.32 Å². The number of benzene rings is 1. The van der Waals surface area contributed by atoms with Gasteiger partial charge in [-0.05, 0) is 18.3 Å². The smallest absolute Gasteiger partial charge is 0.221 e. The zero-order valence-electron chi connectivity index (χ0n) is 8.09. The normalized spacial score (nSPS) is 11.7. The van der Waals surface area contributed by atoms with Crippen molar-refractivity contribution < 1.29 is 9.53 Å². The lowest BCUT2D eigenvalue weighted by molar-refractivity contribution is 0.413. The maximum Gasteiger partial charge on any atom is 0.221 e. The molecule has 2 nitrogen and oxygen atoms in total. The van der Waals surface area contributed by atoms with Crippen molar-refractivity contribution in [3.63, 3.8) is 0 Å². The number of hydrogen-bond donors (Lipinski definition) is 1. The molecule has 1 rings (SSSR count). The topological polar surface area (TPSA) is 29.5 Å². The molecule has 0 aromatic heterocycles. The van der Waals surface area contributed by atoms with E-state index in [-0.39, 0.29) is 0 Å². The van der Waals surface area contributed by atoms with E-state index in [0.29, 0.717) is 5.75 Å². The van der Waals surface area contributed by atoms with E-state index in [0.717, 1.165) is 10.4 Å². The summed E-state index contributed by atoms with van der Waals surface area (Å²) in [4.78, 5) is 0. The molecule has 0 amide bonds. The van der Waals surface area contributed by atoms with Crippen molar-refractivity contribution in [2.75, 3.05) is 7.11 Å². The second-order valence-corrected chi connectivity index (χ2v) is 7.92. The van der Waals surface area contributed by atoms with Crippen LogP contribution in [-0.4, -0.2) is 30.8 Å². The van der Waals surface area contributed by atoms with Gasteiger partial charge in [0.15, 0.2) is 0 Å². The van der Waals surface area contributed by atoms with Crippen LogP contribution >= 0.6 is 0 Å². The quantitative estimate of drug-likeness (QED) is 0.707. The summed E-state index contributed by atoms with van der Waals surface area (Å²) in [7, 11) is 3.11. The first-order valence-corrected chi connectivity index (χ1v) is 7.49. The first kappa shape index (κ1) is 10.5. The van der Waals surface area contributed by atoms with Gasteiger partial charge in [-0.1, -0.05) is 18.2 Å². The standard InChI is InChI=1S/C9H13O2Si2/c1-11-13(2,3)8-6-4-5-7(12)9(8)10/h4-6,10H,1-3H3. The van der Waals surface area contributed by atoms with Crippen LogP contribution in [0.15, 0.2) is 18.2 Å². The summed E-state index contributed by atoms with van der Waals surface area (Å²) in [5.74, 6) is 0.303. The third kappa shape index (κ3) is 2.01. The van der Waals surface area contributed by atoms with Crippen molar-refractivity contribution in [3.8, 4) is 5.75 Å². The lowest BCUT2D eigenvalue weighted by Gasteiger charge is -2.22. The van der Waals surface area contributed by atoms with E-state index in [1.807, 2.05) is 31.3 Å². The van der Waals surface area contributed by atoms with Crippen LogP contribution in [0.25, 0.3) is 0 Å². The molecule has 0 fully saturated rings. The molecule has 0 aliphatic heterocycles. The predicted molar refractivity (Wildman–Crippen MR) is 57.6 cm³/mol. The van der Waals surface area contributed by atoms with Gasteiger partial charge in [-0.3, -0.25) is 0 Å². The highest BCUT2D eigenvalue weighted by Crippen LogP contribution is 2.10. The van der Waals surface area contributed by atoms with Crippen molar-refractivity contribution in [2.45, 2.75) is 13.1 Å². The highest BCUT2D eigenvalue weighted by atomic mass is 28.4. The average molecular weight is 209 g/mol. The molecular weight excluding hydrogens is 196 g/mol. The van der Waals surface area contributed by atoms with Crippen molar-refractivity contribution in [3.05, 3.63) is 18.2 Å². The molecule has 3 radical (unpaired) electrons. The van der Waals surface area contributed by atoms with E-state index < -0.39 is 8.32 Å². The molecule has 0 bridgehead atoms. The van der Waals surface area contributed by atoms with Crippen LogP contribution in [0, 0.1) is 0 Å². The highest BCUT2D eigenvalue weighted by molar-refractivity contribution is 6.85. The van der Waals surface area contributed by atoms with Crippen LogP contribution in [0.1, 0.15) is 0 Å². The third-order valence-corrected chi connectivity index (χ3v) is 5.32. The Morgan fingerprint density at radius 1 is 1.38 bits per heavy atom. The zero-order chi connectivity index (χ0) is 10.1. The van der Waals surface area contributed by atoms with Crippen molar-refractivity contribution >= 4 is 28.9 Å². The summed E-state index contributed by atoms with van der Waals surface area (Å²) in [5, 5.41) is 11.4. The summed E-state index contributed by atoms with van der Waals surface area (Å²) in [5.41, 5.74) is 0. The van der Waals surface area contributed by atoms with E-state index in [2.05, 4.69) is 10.2 Å². The Bertz CT molecular complexity index is 310. The Hall–Kier alpha value is -0.586. The van der Waals surface area contributed by atoms with Gasteiger partial charge in [-0.25, -0.2) is 0 Å². The van der Waals surface area contributed by atoms with Gasteiger partial charge < -0.3 is 9.53 Å². The lowest BCUT2D eigenvalue weighted by atomic mass is 10.3. The Kier molecular flexibility index (Phi) is 2.95. The van der Waals surface area contributed by atoms with E-state index in [4.69, 9.17) is 4.43 Å². The van der Waals surface area contributed by atoms with Crippen molar-refractivity contribution in [2.24, 2.45) is 0 Å². The summed E-state index contributed by atoms with van der Waals surface area (Å²) >= 11 is 0. The molecule has 0 saturated heterocycles. The number of aromatic hydroxyl groups is 1. The lowest BCUT2D eigenvalue weighted by Crippen LogP contribution is -2.45. The average Bonchev–Trinajstić information content (AvgIpc) is 2.09. The molecule has 0 aliphatic carbocycles. The molecule has 13 heavy (non-hydrogen) atoms. The summed E-state index contributed by atoms with van der Waals surface area (Å²) in [6.07, 6.45) is 0. The molecule has 0 unspecified atom stereocenters. The van der Waals surface area contributed by atoms with E-state index in [1.54, 1.807) is 7.11 Å². The van der Waals surface area contributed by atoms with Gasteiger partial charge in [-0.2, -0.15) is 0 Å². The van der Waals surface area contributed by atoms with Gasteiger partial charge in [0.1, 0.15) is 5.75 Å². The molecule has 69 valence electrons. The molecule has 1 aromatic carbocycles. The van der Waals surface area contributed by atoms with Crippen molar-refractivity contribution in [1.82, 2.24) is 0 Å². The largest absolute Gasteiger partial charge is 0.508 e. The van der Waals surface area contributed by atoms with E-state index in [9.17, 15) is 5.11 Å². The van der Waals surface area contributed by atoms with Crippen LogP contribution in [0.3, 0.4) is 0 Å². The Morgan fingerprint density at radius 3 is 2.54 bits per heavy atom. The van der Waals surface area contributed by atoms with Gasteiger partial charge in [0, 0.05) is 12.3 Å². The number of para-hydroxylation sites is 1. The van der Waals surface area contributed by atoms with Crippen LogP contribution < -0.4 is 10.4 Å². The minimum absolute atomic E-state index is 0.303. The van der Waals surface area contributed by atoms with Crippen LogP contribution in [0.5, 0.6) is 5.75 Å². The Labute approximate surface area is 83.1 Å². The molecule has 4 heteroatoms. The van der Waals surface area contributed by atoms with Crippen LogP contribution in [0.4, 0.5) is 0 Å². The molecule has 1 aromatic rings. The fourth-order valence-electron chi connectivity index (χ4n) is 1.14. The van der Waals surface area contributed by atoms with Crippen LogP contribution in [0.2, 0.25) is 13.1 Å². The molecule has 0 saturated carbocycles. The summed E-state index contributed by atoms with van der Waals surface area (Å²) < 4.78 is 5.42. The fourth-order valence-corrected chi connectivity index (χ4v) is 2.92. The predicted octanol–water partition coefficient (Wildman–Crippen LogP) is 0.244. The Balaban J connectivity index is 3.22. The van der Waals surface area contributed by atoms with Crippen molar-refractivity contribution in [1.29, 1.82) is 0 Å². The molecule has 1 N–H and O–H groups in total. The Morgan fingerprint density at radius 2 is 2.00 bits per heavy atom. The van der Waals surface area contributed by atoms with Gasteiger partial charge >= 0.3 is 0 Å². The van der Waals surface area contributed by atoms with Gasteiger partial charge in [0.25, 0.3) is 0 Å². The minimum atomic E-state index is -1.91. The number of phenolic OH excluding ortho intramolecular Hbond substituents is 1. The molecular formula is C9H13O2Si2. The molecule has 0 heterocycles. The minimum Gasteiger partial charge on any atom is -0.508 e. The first-order chi connectivity index (χ1) is 5.99. The first-order valence-electron chi connectivity index (χ1n) is 4.08. The van der Waals surface area contributed by atoms with Gasteiger partial charge in [-0.15, -0.1) is 0 Å². The highest BCUT2D eigenvalue weighted by Gasteiger charge is 2.27. The fraction of sp³-hybridized carbons (Fsp3) is 0.333. The van der Waals surface area contributed by atoms with E-state index in [1.165, 1.54) is 0 Å². The van der Waals surface area contributed by atoms with Gasteiger partial charge in [0.05, 0.1) is 10.2 Å². The maximum absolute atomic E-state index is 9.77. The monoisotopic (exact) mass is 209 g/mol. The molecule has 0 aliphatic rings. The molecule has 0 spiro atoms. The summed E-state index contributed by atoms with van der Waals surface area (Å²) in [6.45, 7) is 4.10. The number of hydrogen-bond acceptors (Lipinski definition) is 2. The zero-order valence-corrected chi connectivity index (χ0v) is 10.1. The SMILES string of the molecule is CO[Si](C)(C)c1cccc([Si])c1O. The number of phenols is 1.